The number of carbonyl (C=O) groups is 1. The quantitative estimate of drug-likeness (QED) is 0.228. The summed E-state index contributed by atoms with van der Waals surface area (Å²) in [5.41, 5.74) is 6.63. The van der Waals surface area contributed by atoms with E-state index in [0.29, 0.717) is 13.1 Å². The molecule has 1 aromatic rings. The average molecular weight is 483 g/mol. The van der Waals surface area contributed by atoms with Gasteiger partial charge in [0.2, 0.25) is 5.91 Å². The van der Waals surface area contributed by atoms with Crippen molar-refractivity contribution in [2.75, 3.05) is 20.2 Å². The van der Waals surface area contributed by atoms with Gasteiger partial charge in [0.05, 0.1) is 7.11 Å². The van der Waals surface area contributed by atoms with E-state index in [9.17, 15) is 4.79 Å². The molecule has 0 aromatic heterocycles. The van der Waals surface area contributed by atoms with Crippen LogP contribution in [0.2, 0.25) is 51.4 Å². The number of hydrogen-bond acceptors (Lipinski definition) is 5. The van der Waals surface area contributed by atoms with E-state index >= 15 is 0 Å². The molecule has 0 unspecified atom stereocenters. The number of hydrogen-bond donors (Lipinski definition) is 2. The summed E-state index contributed by atoms with van der Waals surface area (Å²) in [6.45, 7) is 14.7. The van der Waals surface area contributed by atoms with Crippen molar-refractivity contribution in [1.29, 1.82) is 0 Å². The molecule has 0 fully saturated rings. The molecule has 1 rings (SSSR count). The van der Waals surface area contributed by atoms with Crippen molar-refractivity contribution in [2.24, 2.45) is 5.73 Å². The van der Waals surface area contributed by atoms with Crippen LogP contribution in [-0.4, -0.2) is 51.3 Å². The Hall–Kier alpha value is -1.24. The van der Waals surface area contributed by atoms with E-state index in [2.05, 4.69) is 44.6 Å². The van der Waals surface area contributed by atoms with Crippen LogP contribution in [0.1, 0.15) is 18.4 Å². The first kappa shape index (κ1) is 27.8. The largest absolute Gasteiger partial charge is 0.497 e. The molecular weight excluding hydrogens is 441 g/mol. The van der Waals surface area contributed by atoms with Gasteiger partial charge in [-0.15, -0.1) is 0 Å². The van der Waals surface area contributed by atoms with Gasteiger partial charge in [0.25, 0.3) is 0 Å². The first-order valence-electron chi connectivity index (χ1n) is 11.1. The third-order valence-electron chi connectivity index (χ3n) is 4.82. The summed E-state index contributed by atoms with van der Waals surface area (Å²) in [5.74, 6) is 0.718. The summed E-state index contributed by atoms with van der Waals surface area (Å²) < 4.78 is 18.3. The van der Waals surface area contributed by atoms with Crippen molar-refractivity contribution < 1.29 is 17.8 Å². The molecule has 0 atom stereocenters. The molecule has 31 heavy (non-hydrogen) atoms. The highest BCUT2D eigenvalue weighted by Crippen LogP contribution is 2.25. The van der Waals surface area contributed by atoms with Crippen LogP contribution in [0.15, 0.2) is 30.3 Å². The maximum atomic E-state index is 12.1. The smallest absolute Gasteiger partial charge is 0.311 e. The van der Waals surface area contributed by atoms with Gasteiger partial charge in [0, 0.05) is 12.6 Å². The van der Waals surface area contributed by atoms with Crippen molar-refractivity contribution in [3.63, 3.8) is 0 Å². The zero-order chi connectivity index (χ0) is 23.5. The summed E-state index contributed by atoms with van der Waals surface area (Å²) in [6, 6.07) is 9.65. The van der Waals surface area contributed by atoms with E-state index in [1.165, 1.54) is 0 Å². The first-order valence-corrected chi connectivity index (χ1v) is 20.1. The lowest BCUT2D eigenvalue weighted by Gasteiger charge is -2.38. The molecule has 0 saturated carbocycles. The molecule has 1 aromatic carbocycles. The third kappa shape index (κ3) is 12.4. The molecule has 0 heterocycles. The van der Waals surface area contributed by atoms with Gasteiger partial charge in [-0.05, 0) is 94.5 Å². The van der Waals surface area contributed by atoms with Crippen molar-refractivity contribution in [3.8, 4) is 5.75 Å². The van der Waals surface area contributed by atoms with Crippen LogP contribution in [-0.2, 0) is 13.0 Å². The van der Waals surface area contributed by atoms with Crippen LogP contribution < -0.4 is 15.8 Å². The maximum absolute atomic E-state index is 12.1. The van der Waals surface area contributed by atoms with Crippen molar-refractivity contribution in [1.82, 2.24) is 5.32 Å². The second kappa shape index (κ2) is 12.7. The van der Waals surface area contributed by atoms with Gasteiger partial charge < -0.3 is 24.0 Å². The van der Waals surface area contributed by atoms with Crippen molar-refractivity contribution in [2.45, 2.75) is 64.2 Å². The lowest BCUT2D eigenvalue weighted by molar-refractivity contribution is -0.116. The summed E-state index contributed by atoms with van der Waals surface area (Å²) in [4.78, 5) is 12.1. The molecule has 1 amide bonds. The van der Waals surface area contributed by atoms with Crippen LogP contribution in [0.25, 0.3) is 6.08 Å². The van der Waals surface area contributed by atoms with Gasteiger partial charge >= 0.3 is 8.56 Å². The van der Waals surface area contributed by atoms with Gasteiger partial charge in [0.15, 0.2) is 16.6 Å². The summed E-state index contributed by atoms with van der Waals surface area (Å²) >= 11 is 0. The Kier molecular flexibility index (Phi) is 11.4. The molecular formula is C22H42N2O4Si3. The zero-order valence-electron chi connectivity index (χ0n) is 20.4. The van der Waals surface area contributed by atoms with E-state index in [4.69, 9.17) is 18.7 Å². The van der Waals surface area contributed by atoms with Gasteiger partial charge in [0.1, 0.15) is 5.75 Å². The summed E-state index contributed by atoms with van der Waals surface area (Å²) in [5, 5.41) is 2.96. The molecule has 0 saturated heterocycles. The van der Waals surface area contributed by atoms with E-state index in [1.807, 2.05) is 24.3 Å². The monoisotopic (exact) mass is 482 g/mol. The standard InChI is InChI=1S/C22H42N2O4Si3/c1-26-21-13-10-20(11-14-21)12-15-22(25)24-17-9-19-30(4,5)28-31(6,7)27-29(2,3)18-8-16-23/h10-15H,8-9,16-19,23H2,1-7H3,(H,24,25)/b15-12+. The number of ether oxygens (including phenoxy) is 1. The highest BCUT2D eigenvalue weighted by atomic mass is 28.5. The molecule has 6 nitrogen and oxygen atoms in total. The maximum Gasteiger partial charge on any atom is 0.311 e. The fourth-order valence-corrected chi connectivity index (χ4v) is 17.7. The third-order valence-corrected chi connectivity index (χ3v) is 16.3. The molecule has 0 spiro atoms. The number of amides is 1. The van der Waals surface area contributed by atoms with E-state index < -0.39 is 25.2 Å². The Morgan fingerprint density at radius 2 is 1.52 bits per heavy atom. The number of nitrogens with one attached hydrogen (secondary N) is 1. The number of rotatable bonds is 14. The topological polar surface area (TPSA) is 82.8 Å². The Bertz CT molecular complexity index is 707. The normalized spacial score (nSPS) is 12.9. The Balaban J connectivity index is 2.40. The molecule has 3 N–H and O–H groups in total. The fourth-order valence-electron chi connectivity index (χ4n) is 3.65. The number of methoxy groups -OCH3 is 1. The van der Waals surface area contributed by atoms with Crippen molar-refractivity contribution in [3.05, 3.63) is 35.9 Å². The van der Waals surface area contributed by atoms with Crippen LogP contribution in [0, 0.1) is 0 Å². The predicted octanol–water partition coefficient (Wildman–Crippen LogP) is 4.71. The summed E-state index contributed by atoms with van der Waals surface area (Å²) in [7, 11) is -4.17. The predicted molar refractivity (Wildman–Crippen MR) is 138 cm³/mol. The van der Waals surface area contributed by atoms with Gasteiger partial charge in [-0.2, -0.15) is 0 Å². The van der Waals surface area contributed by atoms with Crippen LogP contribution in [0.4, 0.5) is 0 Å². The van der Waals surface area contributed by atoms with E-state index in [-0.39, 0.29) is 5.91 Å². The molecule has 0 bridgehead atoms. The minimum atomic E-state index is -2.19. The second-order valence-corrected chi connectivity index (χ2v) is 22.0. The van der Waals surface area contributed by atoms with Crippen LogP contribution in [0.3, 0.4) is 0 Å². The zero-order valence-corrected chi connectivity index (χ0v) is 23.4. The second-order valence-electron chi connectivity index (χ2n) is 9.52. The molecule has 176 valence electrons. The lowest BCUT2D eigenvalue weighted by atomic mass is 10.2. The Labute approximate surface area is 192 Å². The highest BCUT2D eigenvalue weighted by Gasteiger charge is 2.39. The molecule has 0 radical (unpaired) electrons. The Morgan fingerprint density at radius 1 is 0.968 bits per heavy atom. The minimum Gasteiger partial charge on any atom is -0.497 e. The van der Waals surface area contributed by atoms with Crippen LogP contribution in [0.5, 0.6) is 5.75 Å². The fraction of sp³-hybridized carbons (Fsp3) is 0.591. The number of nitrogens with two attached hydrogens (primary N) is 1. The molecule has 0 aliphatic rings. The summed E-state index contributed by atoms with van der Waals surface area (Å²) in [6.07, 6.45) is 5.29. The van der Waals surface area contributed by atoms with Gasteiger partial charge in [-0.3, -0.25) is 4.79 Å². The SMILES string of the molecule is COc1ccc(/C=C/C(=O)NCCC[Si](C)(C)O[Si](C)(C)O[Si](C)(C)CCCN)cc1. The Morgan fingerprint density at radius 3 is 2.03 bits per heavy atom. The van der Waals surface area contributed by atoms with E-state index in [1.54, 1.807) is 19.3 Å². The molecule has 0 aliphatic carbocycles. The van der Waals surface area contributed by atoms with E-state index in [0.717, 1.165) is 36.2 Å². The van der Waals surface area contributed by atoms with Gasteiger partial charge in [-0.1, -0.05) is 12.1 Å². The molecule has 0 aliphatic heterocycles. The highest BCUT2D eigenvalue weighted by molar-refractivity contribution is 6.87. The first-order chi connectivity index (χ1) is 14.4. The van der Waals surface area contributed by atoms with Gasteiger partial charge in [-0.25, -0.2) is 0 Å². The molecule has 9 heteroatoms. The number of benzene rings is 1. The lowest BCUT2D eigenvalue weighted by Crippen LogP contribution is -2.52. The average Bonchev–Trinajstić information content (AvgIpc) is 2.66. The minimum absolute atomic E-state index is 0.0816. The number of carbonyl (C=O) groups excluding carboxylic acids is 1. The van der Waals surface area contributed by atoms with Crippen LogP contribution >= 0.6 is 0 Å². The van der Waals surface area contributed by atoms with Crippen molar-refractivity contribution >= 4 is 37.2 Å².